The molecule has 3 unspecified atom stereocenters. The summed E-state index contributed by atoms with van der Waals surface area (Å²) in [6.07, 6.45) is 3.60. The summed E-state index contributed by atoms with van der Waals surface area (Å²) in [4.78, 5) is 2.70. The number of likely N-dealkylation sites (tertiary alicyclic amines) is 1. The Balaban J connectivity index is 1.74. The highest BCUT2D eigenvalue weighted by Gasteiger charge is 2.36. The molecule has 0 saturated carbocycles. The summed E-state index contributed by atoms with van der Waals surface area (Å²) in [5.41, 5.74) is 9.29. The number of benzene rings is 1. The van der Waals surface area contributed by atoms with E-state index in [4.69, 9.17) is 5.73 Å². The molecule has 1 fully saturated rings. The summed E-state index contributed by atoms with van der Waals surface area (Å²) in [7, 11) is 0. The minimum atomic E-state index is 0.389. The van der Waals surface area contributed by atoms with E-state index in [2.05, 4.69) is 43.0 Å². The van der Waals surface area contributed by atoms with Gasteiger partial charge in [-0.25, -0.2) is 0 Å². The number of rotatable bonds is 1. The van der Waals surface area contributed by atoms with Crippen molar-refractivity contribution in [1.82, 2.24) is 4.90 Å². The summed E-state index contributed by atoms with van der Waals surface area (Å²) in [6.45, 7) is 5.83. The molecule has 18 heavy (non-hydrogen) atoms. The molecule has 0 aromatic heterocycles. The smallest absolute Gasteiger partial charge is 0.0179 e. The number of hydrogen-bond acceptors (Lipinski definition) is 2. The Bertz CT molecular complexity index is 404. The third kappa shape index (κ3) is 1.98. The third-order valence-electron chi connectivity index (χ3n) is 5.18. The molecule has 1 heterocycles. The van der Waals surface area contributed by atoms with Crippen LogP contribution in [0.4, 0.5) is 0 Å². The first-order valence-electron chi connectivity index (χ1n) is 7.25. The minimum Gasteiger partial charge on any atom is -0.327 e. The summed E-state index contributed by atoms with van der Waals surface area (Å²) < 4.78 is 0. The second-order valence-electron chi connectivity index (χ2n) is 6.12. The first kappa shape index (κ1) is 12.2. The van der Waals surface area contributed by atoms with E-state index in [-0.39, 0.29) is 0 Å². The molecule has 2 N–H and O–H groups in total. The third-order valence-corrected chi connectivity index (χ3v) is 5.18. The fourth-order valence-electron chi connectivity index (χ4n) is 3.71. The maximum absolute atomic E-state index is 6.19. The maximum atomic E-state index is 6.19. The van der Waals surface area contributed by atoms with E-state index in [0.29, 0.717) is 24.0 Å². The van der Waals surface area contributed by atoms with Gasteiger partial charge in [0.05, 0.1) is 0 Å². The molecule has 1 aromatic rings. The number of nitrogens with two attached hydrogens (primary N) is 1. The summed E-state index contributed by atoms with van der Waals surface area (Å²) >= 11 is 0. The van der Waals surface area contributed by atoms with Crippen molar-refractivity contribution in [2.24, 2.45) is 11.7 Å². The van der Waals surface area contributed by atoms with Gasteiger partial charge in [0.2, 0.25) is 0 Å². The van der Waals surface area contributed by atoms with Crippen LogP contribution in [0.25, 0.3) is 0 Å². The SMILES string of the molecule is CC1C(N)CCN(C2Cc3ccccc3C2)C1C. The Morgan fingerprint density at radius 1 is 1.11 bits per heavy atom. The molecular weight excluding hydrogens is 220 g/mol. The first-order valence-corrected chi connectivity index (χ1v) is 7.25. The molecule has 3 rings (SSSR count). The van der Waals surface area contributed by atoms with Crippen LogP contribution in [0.3, 0.4) is 0 Å². The van der Waals surface area contributed by atoms with Crippen LogP contribution in [0.15, 0.2) is 24.3 Å². The van der Waals surface area contributed by atoms with E-state index in [1.807, 2.05) is 0 Å². The Labute approximate surface area is 110 Å². The molecule has 0 radical (unpaired) electrons. The van der Waals surface area contributed by atoms with E-state index in [0.717, 1.165) is 6.42 Å². The summed E-state index contributed by atoms with van der Waals surface area (Å²) in [5, 5.41) is 0. The van der Waals surface area contributed by atoms with Crippen LogP contribution in [0.2, 0.25) is 0 Å². The van der Waals surface area contributed by atoms with E-state index < -0.39 is 0 Å². The fraction of sp³-hybridized carbons (Fsp3) is 0.625. The zero-order chi connectivity index (χ0) is 12.7. The predicted octanol–water partition coefficient (Wildman–Crippen LogP) is 2.21. The normalized spacial score (nSPS) is 33.6. The first-order chi connectivity index (χ1) is 8.66. The Morgan fingerprint density at radius 3 is 2.33 bits per heavy atom. The van der Waals surface area contributed by atoms with Gasteiger partial charge in [0.1, 0.15) is 0 Å². The molecule has 2 heteroatoms. The van der Waals surface area contributed by atoms with Crippen LogP contribution in [-0.2, 0) is 12.8 Å². The minimum absolute atomic E-state index is 0.389. The quantitative estimate of drug-likeness (QED) is 0.820. The van der Waals surface area contributed by atoms with Gasteiger partial charge in [-0.05, 0) is 43.2 Å². The van der Waals surface area contributed by atoms with Gasteiger partial charge in [0, 0.05) is 24.7 Å². The molecule has 3 atom stereocenters. The van der Waals surface area contributed by atoms with E-state index in [1.165, 1.54) is 19.4 Å². The van der Waals surface area contributed by atoms with Crippen LogP contribution in [0.1, 0.15) is 31.4 Å². The van der Waals surface area contributed by atoms with Crippen molar-refractivity contribution < 1.29 is 0 Å². The standard InChI is InChI=1S/C16H24N2/c1-11-12(2)18(8-7-16(11)17)15-9-13-5-3-4-6-14(13)10-15/h3-6,11-12,15-16H,7-10,17H2,1-2H3. The molecule has 1 aromatic carbocycles. The van der Waals surface area contributed by atoms with Crippen molar-refractivity contribution in [3.05, 3.63) is 35.4 Å². The van der Waals surface area contributed by atoms with Crippen molar-refractivity contribution in [3.8, 4) is 0 Å². The van der Waals surface area contributed by atoms with Gasteiger partial charge in [-0.2, -0.15) is 0 Å². The lowest BCUT2D eigenvalue weighted by Crippen LogP contribution is -2.55. The molecular formula is C16H24N2. The molecule has 1 aliphatic heterocycles. The lowest BCUT2D eigenvalue weighted by atomic mass is 9.86. The van der Waals surface area contributed by atoms with Crippen molar-refractivity contribution in [3.63, 3.8) is 0 Å². The molecule has 2 aliphatic rings. The van der Waals surface area contributed by atoms with Gasteiger partial charge in [-0.3, -0.25) is 4.90 Å². The van der Waals surface area contributed by atoms with Gasteiger partial charge in [0.15, 0.2) is 0 Å². The van der Waals surface area contributed by atoms with Crippen LogP contribution in [-0.4, -0.2) is 29.6 Å². The van der Waals surface area contributed by atoms with E-state index in [1.54, 1.807) is 11.1 Å². The zero-order valence-corrected chi connectivity index (χ0v) is 11.5. The average Bonchev–Trinajstić information content (AvgIpc) is 2.79. The zero-order valence-electron chi connectivity index (χ0n) is 11.5. The molecule has 98 valence electrons. The second-order valence-corrected chi connectivity index (χ2v) is 6.12. The Hall–Kier alpha value is -0.860. The highest BCUT2D eigenvalue weighted by Crippen LogP contribution is 2.31. The highest BCUT2D eigenvalue weighted by molar-refractivity contribution is 5.33. The van der Waals surface area contributed by atoms with Crippen molar-refractivity contribution >= 4 is 0 Å². The maximum Gasteiger partial charge on any atom is 0.0179 e. The van der Waals surface area contributed by atoms with Crippen molar-refractivity contribution in [2.45, 2.75) is 51.2 Å². The van der Waals surface area contributed by atoms with Crippen LogP contribution >= 0.6 is 0 Å². The van der Waals surface area contributed by atoms with Gasteiger partial charge in [0.25, 0.3) is 0 Å². The monoisotopic (exact) mass is 244 g/mol. The predicted molar refractivity (Wildman–Crippen MR) is 75.6 cm³/mol. The Kier molecular flexibility index (Phi) is 3.16. The van der Waals surface area contributed by atoms with Gasteiger partial charge >= 0.3 is 0 Å². The molecule has 0 amide bonds. The van der Waals surface area contributed by atoms with Gasteiger partial charge in [-0.15, -0.1) is 0 Å². The molecule has 2 nitrogen and oxygen atoms in total. The van der Waals surface area contributed by atoms with Gasteiger partial charge in [-0.1, -0.05) is 31.2 Å². The van der Waals surface area contributed by atoms with Crippen molar-refractivity contribution in [1.29, 1.82) is 0 Å². The molecule has 1 aliphatic carbocycles. The van der Waals surface area contributed by atoms with Crippen LogP contribution in [0.5, 0.6) is 0 Å². The summed E-state index contributed by atoms with van der Waals surface area (Å²) in [6, 6.07) is 10.6. The second kappa shape index (κ2) is 4.67. The molecule has 1 saturated heterocycles. The van der Waals surface area contributed by atoms with Crippen LogP contribution in [0, 0.1) is 5.92 Å². The molecule has 0 bridgehead atoms. The average molecular weight is 244 g/mol. The number of hydrogen-bond donors (Lipinski definition) is 1. The fourth-order valence-corrected chi connectivity index (χ4v) is 3.71. The topological polar surface area (TPSA) is 29.3 Å². The Morgan fingerprint density at radius 2 is 1.72 bits per heavy atom. The van der Waals surface area contributed by atoms with Crippen molar-refractivity contribution in [2.75, 3.05) is 6.54 Å². The lowest BCUT2D eigenvalue weighted by Gasteiger charge is -2.44. The van der Waals surface area contributed by atoms with Gasteiger partial charge < -0.3 is 5.73 Å². The number of fused-ring (bicyclic) bond motifs is 1. The van der Waals surface area contributed by atoms with Crippen LogP contribution < -0.4 is 5.73 Å². The highest BCUT2D eigenvalue weighted by atomic mass is 15.2. The molecule has 0 spiro atoms. The largest absolute Gasteiger partial charge is 0.327 e. The summed E-state index contributed by atoms with van der Waals surface area (Å²) in [5.74, 6) is 0.613. The number of nitrogens with zero attached hydrogens (tertiary/aromatic N) is 1. The lowest BCUT2D eigenvalue weighted by molar-refractivity contribution is 0.0599. The van der Waals surface area contributed by atoms with E-state index >= 15 is 0 Å². The van der Waals surface area contributed by atoms with E-state index in [9.17, 15) is 0 Å². The number of piperidine rings is 1.